The Morgan fingerprint density at radius 2 is 2.06 bits per heavy atom. The van der Waals surface area contributed by atoms with Gasteiger partial charge >= 0.3 is 0 Å². The number of nitrogens with zero attached hydrogens (tertiary/aromatic N) is 1. The molecular formula is C13H27N3O. The topological polar surface area (TPSA) is 58.4 Å². The van der Waals surface area contributed by atoms with Crippen molar-refractivity contribution in [2.24, 2.45) is 5.73 Å². The molecule has 1 aliphatic rings. The number of rotatable bonds is 8. The molecule has 0 spiro atoms. The molecule has 0 radical (unpaired) electrons. The van der Waals surface area contributed by atoms with E-state index in [0.717, 1.165) is 32.1 Å². The number of likely N-dealkylation sites (N-methyl/N-ethyl adjacent to an activating group) is 1. The minimum absolute atomic E-state index is 0.171. The molecule has 1 aliphatic carbocycles. The first-order valence-electron chi connectivity index (χ1n) is 6.95. The van der Waals surface area contributed by atoms with Crippen molar-refractivity contribution in [1.82, 2.24) is 10.2 Å². The van der Waals surface area contributed by atoms with E-state index in [4.69, 9.17) is 5.73 Å². The first-order valence-corrected chi connectivity index (χ1v) is 6.95. The number of carbonyl (C=O) groups excluding carboxylic acids is 1. The van der Waals surface area contributed by atoms with Gasteiger partial charge in [-0.2, -0.15) is 0 Å². The Hall–Kier alpha value is -0.610. The van der Waals surface area contributed by atoms with Gasteiger partial charge in [0.2, 0.25) is 5.91 Å². The number of nitrogens with one attached hydrogen (secondary N) is 1. The molecule has 1 unspecified atom stereocenters. The third-order valence-electron chi connectivity index (χ3n) is 3.75. The Labute approximate surface area is 105 Å². The maximum Gasteiger partial charge on any atom is 0.234 e. The van der Waals surface area contributed by atoms with Crippen molar-refractivity contribution in [2.75, 3.05) is 19.6 Å². The molecule has 4 nitrogen and oxygen atoms in total. The lowest BCUT2D eigenvalue weighted by atomic mass is 10.1. The van der Waals surface area contributed by atoms with E-state index in [1.165, 1.54) is 25.7 Å². The van der Waals surface area contributed by atoms with Gasteiger partial charge in [-0.25, -0.2) is 0 Å². The SMILES string of the molecule is CCNC(CCN(CC)C1CCCC1)C(N)=O. The van der Waals surface area contributed by atoms with Crippen molar-refractivity contribution in [2.45, 2.75) is 58.0 Å². The Kier molecular flexibility index (Phi) is 6.52. The van der Waals surface area contributed by atoms with Gasteiger partial charge in [0.1, 0.15) is 0 Å². The third-order valence-corrected chi connectivity index (χ3v) is 3.75. The van der Waals surface area contributed by atoms with Gasteiger partial charge in [0, 0.05) is 12.6 Å². The highest BCUT2D eigenvalue weighted by Crippen LogP contribution is 2.23. The molecule has 17 heavy (non-hydrogen) atoms. The zero-order valence-corrected chi connectivity index (χ0v) is 11.2. The molecule has 0 aromatic heterocycles. The summed E-state index contributed by atoms with van der Waals surface area (Å²) in [5.74, 6) is -0.227. The van der Waals surface area contributed by atoms with E-state index in [-0.39, 0.29) is 11.9 Å². The van der Waals surface area contributed by atoms with Crippen LogP contribution in [0.3, 0.4) is 0 Å². The van der Waals surface area contributed by atoms with Crippen LogP contribution >= 0.6 is 0 Å². The monoisotopic (exact) mass is 241 g/mol. The van der Waals surface area contributed by atoms with E-state index in [9.17, 15) is 4.79 Å². The number of hydrogen-bond acceptors (Lipinski definition) is 3. The Morgan fingerprint density at radius 1 is 1.41 bits per heavy atom. The molecule has 100 valence electrons. The Morgan fingerprint density at radius 3 is 2.53 bits per heavy atom. The van der Waals surface area contributed by atoms with Crippen LogP contribution in [-0.2, 0) is 4.79 Å². The van der Waals surface area contributed by atoms with Gasteiger partial charge in [-0.05, 0) is 32.4 Å². The molecule has 0 saturated heterocycles. The Balaban J connectivity index is 2.36. The molecule has 4 heteroatoms. The van der Waals surface area contributed by atoms with Gasteiger partial charge in [0.15, 0.2) is 0 Å². The maximum atomic E-state index is 11.3. The Bertz CT molecular complexity index is 227. The van der Waals surface area contributed by atoms with Crippen molar-refractivity contribution in [1.29, 1.82) is 0 Å². The normalized spacial score (nSPS) is 18.8. The zero-order valence-electron chi connectivity index (χ0n) is 11.2. The van der Waals surface area contributed by atoms with Crippen molar-refractivity contribution in [3.05, 3.63) is 0 Å². The lowest BCUT2D eigenvalue weighted by Gasteiger charge is -2.28. The summed E-state index contributed by atoms with van der Waals surface area (Å²) in [6.07, 6.45) is 6.17. The van der Waals surface area contributed by atoms with Crippen LogP contribution in [0.25, 0.3) is 0 Å². The number of hydrogen-bond donors (Lipinski definition) is 2. The van der Waals surface area contributed by atoms with Crippen molar-refractivity contribution in [3.8, 4) is 0 Å². The minimum atomic E-state index is -0.227. The van der Waals surface area contributed by atoms with Crippen LogP contribution in [0.15, 0.2) is 0 Å². The molecule has 3 N–H and O–H groups in total. The van der Waals surface area contributed by atoms with Crippen LogP contribution in [0.1, 0.15) is 46.0 Å². The second kappa shape index (κ2) is 7.67. The minimum Gasteiger partial charge on any atom is -0.368 e. The molecule has 1 amide bonds. The van der Waals surface area contributed by atoms with E-state index >= 15 is 0 Å². The summed E-state index contributed by atoms with van der Waals surface area (Å²) in [7, 11) is 0. The number of nitrogens with two attached hydrogens (primary N) is 1. The lowest BCUT2D eigenvalue weighted by molar-refractivity contribution is -0.120. The molecule has 0 aromatic carbocycles. The zero-order chi connectivity index (χ0) is 12.7. The number of amides is 1. The summed E-state index contributed by atoms with van der Waals surface area (Å²) >= 11 is 0. The molecule has 1 fully saturated rings. The van der Waals surface area contributed by atoms with E-state index in [1.54, 1.807) is 0 Å². The van der Waals surface area contributed by atoms with E-state index in [1.807, 2.05) is 6.92 Å². The summed E-state index contributed by atoms with van der Waals surface area (Å²) in [5, 5.41) is 3.15. The van der Waals surface area contributed by atoms with Crippen LogP contribution in [0.2, 0.25) is 0 Å². The van der Waals surface area contributed by atoms with Crippen molar-refractivity contribution >= 4 is 5.91 Å². The first kappa shape index (κ1) is 14.5. The number of carbonyl (C=O) groups is 1. The smallest absolute Gasteiger partial charge is 0.234 e. The van der Waals surface area contributed by atoms with Crippen molar-refractivity contribution < 1.29 is 4.79 Å². The van der Waals surface area contributed by atoms with Gasteiger partial charge in [-0.1, -0.05) is 26.7 Å². The van der Waals surface area contributed by atoms with Gasteiger partial charge < -0.3 is 16.0 Å². The van der Waals surface area contributed by atoms with Gasteiger partial charge in [-0.3, -0.25) is 4.79 Å². The fourth-order valence-corrected chi connectivity index (χ4v) is 2.75. The van der Waals surface area contributed by atoms with Gasteiger partial charge in [0.25, 0.3) is 0 Å². The van der Waals surface area contributed by atoms with Crippen LogP contribution in [0.5, 0.6) is 0 Å². The molecule has 0 bridgehead atoms. The highest BCUT2D eigenvalue weighted by molar-refractivity contribution is 5.79. The summed E-state index contributed by atoms with van der Waals surface area (Å²) < 4.78 is 0. The highest BCUT2D eigenvalue weighted by Gasteiger charge is 2.22. The second-order valence-electron chi connectivity index (χ2n) is 4.87. The van der Waals surface area contributed by atoms with Gasteiger partial charge in [-0.15, -0.1) is 0 Å². The molecule has 0 aliphatic heterocycles. The highest BCUT2D eigenvalue weighted by atomic mass is 16.1. The van der Waals surface area contributed by atoms with Crippen LogP contribution in [0.4, 0.5) is 0 Å². The molecular weight excluding hydrogens is 214 g/mol. The molecule has 1 atom stereocenters. The molecule has 1 rings (SSSR count). The summed E-state index contributed by atoms with van der Waals surface area (Å²) in [4.78, 5) is 13.8. The average molecular weight is 241 g/mol. The van der Waals surface area contributed by atoms with E-state index < -0.39 is 0 Å². The van der Waals surface area contributed by atoms with E-state index in [0.29, 0.717) is 0 Å². The van der Waals surface area contributed by atoms with Crippen molar-refractivity contribution in [3.63, 3.8) is 0 Å². The fraction of sp³-hybridized carbons (Fsp3) is 0.923. The van der Waals surface area contributed by atoms with Crippen LogP contribution in [0, 0.1) is 0 Å². The lowest BCUT2D eigenvalue weighted by Crippen LogP contribution is -2.44. The second-order valence-corrected chi connectivity index (χ2v) is 4.87. The fourth-order valence-electron chi connectivity index (χ4n) is 2.75. The van der Waals surface area contributed by atoms with E-state index in [2.05, 4.69) is 17.1 Å². The summed E-state index contributed by atoms with van der Waals surface area (Å²) in [6.45, 7) is 7.04. The maximum absolute atomic E-state index is 11.3. The summed E-state index contributed by atoms with van der Waals surface area (Å²) in [6, 6.07) is 0.561. The number of primary amides is 1. The first-order chi connectivity index (χ1) is 8.19. The summed E-state index contributed by atoms with van der Waals surface area (Å²) in [5.41, 5.74) is 5.38. The van der Waals surface area contributed by atoms with Gasteiger partial charge in [0.05, 0.1) is 6.04 Å². The molecule has 0 heterocycles. The van der Waals surface area contributed by atoms with Crippen LogP contribution in [-0.4, -0.2) is 42.5 Å². The molecule has 1 saturated carbocycles. The predicted octanol–water partition coefficient (Wildman–Crippen LogP) is 1.10. The standard InChI is InChI=1S/C13H27N3O/c1-3-15-12(13(14)17)9-10-16(4-2)11-7-5-6-8-11/h11-12,15H,3-10H2,1-2H3,(H2,14,17). The molecule has 0 aromatic rings. The predicted molar refractivity (Wildman–Crippen MR) is 70.8 cm³/mol. The average Bonchev–Trinajstić information content (AvgIpc) is 2.82. The largest absolute Gasteiger partial charge is 0.368 e. The quantitative estimate of drug-likeness (QED) is 0.669. The third kappa shape index (κ3) is 4.64. The van der Waals surface area contributed by atoms with Crippen LogP contribution < -0.4 is 11.1 Å².